The first-order valence-electron chi connectivity index (χ1n) is 4.85. The summed E-state index contributed by atoms with van der Waals surface area (Å²) >= 11 is 0. The van der Waals surface area contributed by atoms with Gasteiger partial charge in [-0.1, -0.05) is 11.6 Å². The van der Waals surface area contributed by atoms with Gasteiger partial charge in [-0.15, -0.1) is 0 Å². The van der Waals surface area contributed by atoms with Crippen molar-refractivity contribution in [1.29, 1.82) is 0 Å². The van der Waals surface area contributed by atoms with Gasteiger partial charge in [0.15, 0.2) is 0 Å². The van der Waals surface area contributed by atoms with Gasteiger partial charge in [-0.3, -0.25) is 0 Å². The van der Waals surface area contributed by atoms with E-state index in [1.807, 2.05) is 47.6 Å². The van der Waals surface area contributed by atoms with E-state index < -0.39 is 5.60 Å². The van der Waals surface area contributed by atoms with Crippen LogP contribution in [0.4, 0.5) is 4.79 Å². The Kier molecular flexibility index (Phi) is 4.68. The maximum atomic E-state index is 11.3. The van der Waals surface area contributed by atoms with Crippen LogP contribution < -0.4 is 5.32 Å². The normalized spacial score (nSPS) is 13.0. The number of carbonyl (C=O) groups excluding carboxylic acids is 1. The lowest BCUT2D eigenvalue weighted by Gasteiger charge is -2.21. The zero-order valence-electron chi connectivity index (χ0n) is 9.97. The summed E-state index contributed by atoms with van der Waals surface area (Å²) < 4.78 is 5.11. The fourth-order valence-corrected chi connectivity index (χ4v) is 1.04. The molecular formula is C11H21NO2. The molecule has 0 aliphatic carbocycles. The Morgan fingerprint density at radius 1 is 1.36 bits per heavy atom. The molecule has 0 aliphatic rings. The van der Waals surface area contributed by atoms with E-state index in [0.29, 0.717) is 0 Å². The highest BCUT2D eigenvalue weighted by atomic mass is 16.6. The van der Waals surface area contributed by atoms with E-state index in [1.54, 1.807) is 0 Å². The lowest BCUT2D eigenvalue weighted by atomic mass is 10.2. The Balaban J connectivity index is 4.02. The molecule has 0 saturated heterocycles. The molecule has 0 heterocycles. The van der Waals surface area contributed by atoms with Gasteiger partial charge in [-0.05, 0) is 41.5 Å². The zero-order valence-corrected chi connectivity index (χ0v) is 9.97. The van der Waals surface area contributed by atoms with Crippen LogP contribution in [0.25, 0.3) is 0 Å². The van der Waals surface area contributed by atoms with E-state index in [0.717, 1.165) is 0 Å². The first-order chi connectivity index (χ1) is 6.20. The van der Waals surface area contributed by atoms with Crippen molar-refractivity contribution in [3.05, 3.63) is 11.6 Å². The summed E-state index contributed by atoms with van der Waals surface area (Å²) in [5, 5.41) is 2.73. The third-order valence-electron chi connectivity index (χ3n) is 1.33. The molecule has 1 amide bonds. The monoisotopic (exact) mass is 199 g/mol. The summed E-state index contributed by atoms with van der Waals surface area (Å²) in [5.41, 5.74) is 0.739. The van der Waals surface area contributed by atoms with Gasteiger partial charge in [0, 0.05) is 6.04 Å². The van der Waals surface area contributed by atoms with E-state index in [2.05, 4.69) is 5.32 Å². The van der Waals surface area contributed by atoms with Crippen molar-refractivity contribution < 1.29 is 9.53 Å². The maximum absolute atomic E-state index is 11.3. The predicted molar refractivity (Wildman–Crippen MR) is 58.3 cm³/mol. The van der Waals surface area contributed by atoms with E-state index in [-0.39, 0.29) is 12.1 Å². The molecule has 0 aliphatic heterocycles. The van der Waals surface area contributed by atoms with Gasteiger partial charge in [0.05, 0.1) is 0 Å². The molecule has 1 unspecified atom stereocenters. The molecule has 0 bridgehead atoms. The summed E-state index contributed by atoms with van der Waals surface area (Å²) in [6, 6.07) is 0.00912. The topological polar surface area (TPSA) is 38.3 Å². The Morgan fingerprint density at radius 3 is 2.21 bits per heavy atom. The summed E-state index contributed by atoms with van der Waals surface area (Å²) in [6.45, 7) is 11.4. The first kappa shape index (κ1) is 13.0. The van der Waals surface area contributed by atoms with Crippen LogP contribution in [0.3, 0.4) is 0 Å². The van der Waals surface area contributed by atoms with E-state index in [9.17, 15) is 4.79 Å². The molecule has 14 heavy (non-hydrogen) atoms. The van der Waals surface area contributed by atoms with Crippen molar-refractivity contribution in [2.24, 2.45) is 0 Å². The Morgan fingerprint density at radius 2 is 1.86 bits per heavy atom. The van der Waals surface area contributed by atoms with Crippen molar-refractivity contribution >= 4 is 6.09 Å². The van der Waals surface area contributed by atoms with Crippen molar-refractivity contribution in [1.82, 2.24) is 5.32 Å². The molecule has 82 valence electrons. The largest absolute Gasteiger partial charge is 0.444 e. The molecule has 0 radical (unpaired) electrons. The fraction of sp³-hybridized carbons (Fsp3) is 0.727. The number of hydrogen-bond donors (Lipinski definition) is 1. The quantitative estimate of drug-likeness (QED) is 0.694. The summed E-state index contributed by atoms with van der Waals surface area (Å²) in [5.74, 6) is 0. The number of carbonyl (C=O) groups is 1. The SMILES string of the molecule is CC(C)=CC(C)NC(=O)OC(C)(C)C. The number of allylic oxidation sites excluding steroid dienone is 1. The average molecular weight is 199 g/mol. The van der Waals surface area contributed by atoms with E-state index in [4.69, 9.17) is 4.74 Å². The molecule has 0 fully saturated rings. The van der Waals surface area contributed by atoms with Crippen LogP contribution in [0.5, 0.6) is 0 Å². The second-order valence-corrected chi connectivity index (χ2v) is 4.68. The van der Waals surface area contributed by atoms with Gasteiger partial charge >= 0.3 is 6.09 Å². The third kappa shape index (κ3) is 7.65. The standard InChI is InChI=1S/C11H21NO2/c1-8(2)7-9(3)12-10(13)14-11(4,5)6/h7,9H,1-6H3,(H,12,13). The lowest BCUT2D eigenvalue weighted by Crippen LogP contribution is -2.36. The van der Waals surface area contributed by atoms with E-state index in [1.165, 1.54) is 5.57 Å². The van der Waals surface area contributed by atoms with Gasteiger partial charge in [0.2, 0.25) is 0 Å². The minimum absolute atomic E-state index is 0.00912. The molecule has 0 aromatic carbocycles. The zero-order chi connectivity index (χ0) is 11.4. The maximum Gasteiger partial charge on any atom is 0.408 e. The third-order valence-corrected chi connectivity index (χ3v) is 1.33. The summed E-state index contributed by atoms with van der Waals surface area (Å²) in [4.78, 5) is 11.3. The molecule has 0 aromatic rings. The second kappa shape index (κ2) is 5.03. The van der Waals surface area contributed by atoms with Crippen LogP contribution >= 0.6 is 0 Å². The minimum atomic E-state index is -0.436. The van der Waals surface area contributed by atoms with Crippen LogP contribution in [0.1, 0.15) is 41.5 Å². The molecule has 0 spiro atoms. The molecule has 0 rings (SSSR count). The highest BCUT2D eigenvalue weighted by Crippen LogP contribution is 2.06. The van der Waals surface area contributed by atoms with Crippen LogP contribution in [0.15, 0.2) is 11.6 Å². The number of hydrogen-bond acceptors (Lipinski definition) is 2. The molecule has 3 heteroatoms. The molecular weight excluding hydrogens is 178 g/mol. The number of nitrogens with one attached hydrogen (secondary N) is 1. The summed E-state index contributed by atoms with van der Waals surface area (Å²) in [6.07, 6.45) is 1.60. The van der Waals surface area contributed by atoms with Gasteiger partial charge in [0.1, 0.15) is 5.60 Å². The fourth-order valence-electron chi connectivity index (χ4n) is 1.04. The Labute approximate surface area is 86.5 Å². The Hall–Kier alpha value is -0.990. The first-order valence-corrected chi connectivity index (χ1v) is 4.85. The van der Waals surface area contributed by atoms with Gasteiger partial charge in [0.25, 0.3) is 0 Å². The van der Waals surface area contributed by atoms with Gasteiger partial charge < -0.3 is 10.1 Å². The van der Waals surface area contributed by atoms with Crippen LogP contribution in [0.2, 0.25) is 0 Å². The van der Waals surface area contributed by atoms with Crippen molar-refractivity contribution in [2.75, 3.05) is 0 Å². The van der Waals surface area contributed by atoms with Crippen molar-refractivity contribution in [2.45, 2.75) is 53.2 Å². The number of rotatable bonds is 2. The van der Waals surface area contributed by atoms with Crippen molar-refractivity contribution in [3.8, 4) is 0 Å². The molecule has 1 atom stereocenters. The molecule has 0 aromatic heterocycles. The molecule has 3 nitrogen and oxygen atoms in total. The number of alkyl carbamates (subject to hydrolysis) is 1. The second-order valence-electron chi connectivity index (χ2n) is 4.68. The van der Waals surface area contributed by atoms with Crippen LogP contribution in [-0.4, -0.2) is 17.7 Å². The van der Waals surface area contributed by atoms with Crippen LogP contribution in [-0.2, 0) is 4.74 Å². The summed E-state index contributed by atoms with van der Waals surface area (Å²) in [7, 11) is 0. The molecule has 1 N–H and O–H groups in total. The average Bonchev–Trinajstić information content (AvgIpc) is 1.77. The molecule has 0 saturated carbocycles. The smallest absolute Gasteiger partial charge is 0.408 e. The lowest BCUT2D eigenvalue weighted by molar-refractivity contribution is 0.0518. The van der Waals surface area contributed by atoms with Gasteiger partial charge in [-0.25, -0.2) is 4.79 Å². The highest BCUT2D eigenvalue weighted by molar-refractivity contribution is 5.68. The van der Waals surface area contributed by atoms with Gasteiger partial charge in [-0.2, -0.15) is 0 Å². The Bertz CT molecular complexity index is 222. The highest BCUT2D eigenvalue weighted by Gasteiger charge is 2.16. The minimum Gasteiger partial charge on any atom is -0.444 e. The number of ether oxygens (including phenoxy) is 1. The van der Waals surface area contributed by atoms with Crippen LogP contribution in [0, 0.1) is 0 Å². The number of amides is 1. The van der Waals surface area contributed by atoms with E-state index >= 15 is 0 Å². The van der Waals surface area contributed by atoms with Crippen molar-refractivity contribution in [3.63, 3.8) is 0 Å². The predicted octanol–water partition coefficient (Wildman–Crippen LogP) is 2.87.